The summed E-state index contributed by atoms with van der Waals surface area (Å²) in [5.74, 6) is 1.79. The molecule has 102 valence electrons. The smallest absolute Gasteiger partial charge is 0.118 e. The van der Waals surface area contributed by atoms with Crippen LogP contribution in [0, 0.1) is 5.92 Å². The Kier molecular flexibility index (Phi) is 3.88. The Morgan fingerprint density at radius 3 is 2.84 bits per heavy atom. The van der Waals surface area contributed by atoms with Crippen molar-refractivity contribution in [3.05, 3.63) is 41.5 Å². The fourth-order valence-electron chi connectivity index (χ4n) is 3.44. The Labute approximate surface area is 115 Å². The van der Waals surface area contributed by atoms with Crippen molar-refractivity contribution in [2.24, 2.45) is 5.92 Å². The molecule has 0 spiro atoms. The Balaban J connectivity index is 1.72. The molecule has 19 heavy (non-hydrogen) atoms. The highest BCUT2D eigenvalue weighted by atomic mass is 16.5. The van der Waals surface area contributed by atoms with Gasteiger partial charge in [-0.15, -0.1) is 0 Å². The van der Waals surface area contributed by atoms with Crippen LogP contribution < -0.4 is 10.1 Å². The van der Waals surface area contributed by atoms with Crippen LogP contribution in [0.15, 0.2) is 35.9 Å². The maximum atomic E-state index is 5.22. The standard InChI is InChI=1S/C17H23NO/c1-19-15-8-6-13(7-9-15)12-17-16-5-3-2-4-14(16)10-11-18-17/h5-9,14,17-18H,2-4,10-12H2,1H3/t14-,17+/m0/s1. The van der Waals surface area contributed by atoms with Crippen molar-refractivity contribution in [3.8, 4) is 5.75 Å². The quantitative estimate of drug-likeness (QED) is 0.839. The zero-order chi connectivity index (χ0) is 13.1. The first-order valence-electron chi connectivity index (χ1n) is 7.43. The van der Waals surface area contributed by atoms with E-state index in [0.29, 0.717) is 6.04 Å². The number of rotatable bonds is 3. The summed E-state index contributed by atoms with van der Waals surface area (Å²) in [5.41, 5.74) is 3.07. The van der Waals surface area contributed by atoms with E-state index in [0.717, 1.165) is 18.1 Å². The second-order valence-electron chi connectivity index (χ2n) is 5.68. The van der Waals surface area contributed by atoms with Gasteiger partial charge in [-0.3, -0.25) is 0 Å². The van der Waals surface area contributed by atoms with Gasteiger partial charge >= 0.3 is 0 Å². The van der Waals surface area contributed by atoms with Crippen LogP contribution in [0.5, 0.6) is 5.75 Å². The van der Waals surface area contributed by atoms with Crippen LogP contribution in [-0.2, 0) is 6.42 Å². The van der Waals surface area contributed by atoms with E-state index in [4.69, 9.17) is 4.74 Å². The van der Waals surface area contributed by atoms with Crippen LogP contribution in [0.4, 0.5) is 0 Å². The third kappa shape index (κ3) is 2.84. The Bertz CT molecular complexity index is 449. The van der Waals surface area contributed by atoms with Crippen molar-refractivity contribution in [2.75, 3.05) is 13.7 Å². The summed E-state index contributed by atoms with van der Waals surface area (Å²) < 4.78 is 5.22. The highest BCUT2D eigenvalue weighted by molar-refractivity contribution is 5.30. The molecule has 2 aliphatic rings. The Morgan fingerprint density at radius 2 is 2.05 bits per heavy atom. The molecule has 1 aliphatic carbocycles. The number of piperidine rings is 1. The maximum Gasteiger partial charge on any atom is 0.118 e. The number of hydrogen-bond acceptors (Lipinski definition) is 2. The Morgan fingerprint density at radius 1 is 1.21 bits per heavy atom. The normalized spacial score (nSPS) is 26.5. The monoisotopic (exact) mass is 257 g/mol. The summed E-state index contributed by atoms with van der Waals surface area (Å²) >= 11 is 0. The summed E-state index contributed by atoms with van der Waals surface area (Å²) in [6.07, 6.45) is 8.97. The number of nitrogens with one attached hydrogen (secondary N) is 1. The van der Waals surface area contributed by atoms with Gasteiger partial charge in [-0.2, -0.15) is 0 Å². The van der Waals surface area contributed by atoms with Gasteiger partial charge in [-0.25, -0.2) is 0 Å². The summed E-state index contributed by atoms with van der Waals surface area (Å²) in [7, 11) is 1.72. The van der Waals surface area contributed by atoms with Crippen LogP contribution in [0.2, 0.25) is 0 Å². The zero-order valence-corrected chi connectivity index (χ0v) is 11.7. The molecule has 1 aromatic carbocycles. The molecule has 2 nitrogen and oxygen atoms in total. The molecule has 0 aromatic heterocycles. The third-order valence-electron chi connectivity index (χ3n) is 4.49. The van der Waals surface area contributed by atoms with Gasteiger partial charge in [0.1, 0.15) is 5.75 Å². The van der Waals surface area contributed by atoms with E-state index < -0.39 is 0 Å². The molecule has 1 aliphatic heterocycles. The lowest BCUT2D eigenvalue weighted by atomic mass is 9.77. The molecular formula is C17H23NO. The lowest BCUT2D eigenvalue weighted by Gasteiger charge is -2.36. The van der Waals surface area contributed by atoms with E-state index in [2.05, 4.69) is 35.7 Å². The molecule has 0 saturated carbocycles. The fraction of sp³-hybridized carbons (Fsp3) is 0.529. The highest BCUT2D eigenvalue weighted by Gasteiger charge is 2.28. The summed E-state index contributed by atoms with van der Waals surface area (Å²) in [5, 5.41) is 3.70. The van der Waals surface area contributed by atoms with E-state index in [1.807, 2.05) is 0 Å². The lowest BCUT2D eigenvalue weighted by molar-refractivity contribution is 0.358. The molecule has 0 unspecified atom stereocenters. The molecule has 0 amide bonds. The van der Waals surface area contributed by atoms with Crippen molar-refractivity contribution in [2.45, 2.75) is 38.1 Å². The van der Waals surface area contributed by atoms with Gasteiger partial charge in [0.2, 0.25) is 0 Å². The summed E-state index contributed by atoms with van der Waals surface area (Å²) in [6, 6.07) is 9.05. The molecule has 3 rings (SSSR count). The highest BCUT2D eigenvalue weighted by Crippen LogP contribution is 2.33. The van der Waals surface area contributed by atoms with Gasteiger partial charge in [0.25, 0.3) is 0 Å². The Hall–Kier alpha value is -1.28. The van der Waals surface area contributed by atoms with E-state index >= 15 is 0 Å². The first-order valence-corrected chi connectivity index (χ1v) is 7.43. The van der Waals surface area contributed by atoms with Crippen LogP contribution in [0.25, 0.3) is 0 Å². The van der Waals surface area contributed by atoms with Crippen molar-refractivity contribution >= 4 is 0 Å². The average Bonchev–Trinajstić information content (AvgIpc) is 2.48. The molecule has 2 atom stereocenters. The minimum absolute atomic E-state index is 0.549. The van der Waals surface area contributed by atoms with Gasteiger partial charge in [-0.1, -0.05) is 23.8 Å². The van der Waals surface area contributed by atoms with Gasteiger partial charge in [-0.05, 0) is 62.3 Å². The SMILES string of the molecule is COc1ccc(C[C@H]2NCC[C@@H]3CCCC=C32)cc1. The fourth-order valence-corrected chi connectivity index (χ4v) is 3.44. The largest absolute Gasteiger partial charge is 0.497 e. The molecule has 1 aromatic rings. The van der Waals surface area contributed by atoms with Gasteiger partial charge in [0.05, 0.1) is 7.11 Å². The lowest BCUT2D eigenvalue weighted by Crippen LogP contribution is -2.42. The molecule has 0 radical (unpaired) electrons. The van der Waals surface area contributed by atoms with E-state index in [9.17, 15) is 0 Å². The van der Waals surface area contributed by atoms with E-state index in [1.165, 1.54) is 37.8 Å². The minimum Gasteiger partial charge on any atom is -0.497 e. The molecule has 2 heteroatoms. The van der Waals surface area contributed by atoms with Crippen LogP contribution in [0.1, 0.15) is 31.2 Å². The van der Waals surface area contributed by atoms with Crippen molar-refractivity contribution in [1.82, 2.24) is 5.32 Å². The summed E-state index contributed by atoms with van der Waals surface area (Å²) in [4.78, 5) is 0. The topological polar surface area (TPSA) is 21.3 Å². The van der Waals surface area contributed by atoms with Crippen molar-refractivity contribution < 1.29 is 4.74 Å². The maximum absolute atomic E-state index is 5.22. The predicted octanol–water partition coefficient (Wildman–Crippen LogP) is 3.33. The van der Waals surface area contributed by atoms with Crippen molar-refractivity contribution in [1.29, 1.82) is 0 Å². The third-order valence-corrected chi connectivity index (χ3v) is 4.49. The first kappa shape index (κ1) is 12.7. The molecule has 0 bridgehead atoms. The number of fused-ring (bicyclic) bond motifs is 1. The zero-order valence-electron chi connectivity index (χ0n) is 11.7. The van der Waals surface area contributed by atoms with Gasteiger partial charge in [0.15, 0.2) is 0 Å². The minimum atomic E-state index is 0.549. The van der Waals surface area contributed by atoms with Crippen LogP contribution >= 0.6 is 0 Å². The number of ether oxygens (including phenoxy) is 1. The van der Waals surface area contributed by atoms with Gasteiger partial charge in [0, 0.05) is 6.04 Å². The molecule has 1 heterocycles. The number of benzene rings is 1. The summed E-state index contributed by atoms with van der Waals surface area (Å²) in [6.45, 7) is 1.17. The van der Waals surface area contributed by atoms with Crippen LogP contribution in [0.3, 0.4) is 0 Å². The van der Waals surface area contributed by atoms with E-state index in [1.54, 1.807) is 12.7 Å². The van der Waals surface area contributed by atoms with E-state index in [-0.39, 0.29) is 0 Å². The number of hydrogen-bond donors (Lipinski definition) is 1. The van der Waals surface area contributed by atoms with Gasteiger partial charge < -0.3 is 10.1 Å². The second-order valence-corrected chi connectivity index (χ2v) is 5.68. The average molecular weight is 257 g/mol. The molecule has 1 fully saturated rings. The second kappa shape index (κ2) is 5.79. The first-order chi connectivity index (χ1) is 9.36. The van der Waals surface area contributed by atoms with Crippen LogP contribution in [-0.4, -0.2) is 19.7 Å². The molecule has 1 N–H and O–H groups in total. The number of allylic oxidation sites excluding steroid dienone is 1. The number of methoxy groups -OCH3 is 1. The molecular weight excluding hydrogens is 234 g/mol. The molecule has 1 saturated heterocycles. The van der Waals surface area contributed by atoms with Crippen molar-refractivity contribution in [3.63, 3.8) is 0 Å². The predicted molar refractivity (Wildman–Crippen MR) is 78.5 cm³/mol.